The second kappa shape index (κ2) is 6.65. The lowest BCUT2D eigenvalue weighted by Gasteiger charge is -2.33. The molecule has 4 heterocycles. The highest BCUT2D eigenvalue weighted by molar-refractivity contribution is 6.33. The van der Waals surface area contributed by atoms with Gasteiger partial charge in [0.15, 0.2) is 5.65 Å². The molecule has 1 aliphatic heterocycles. The van der Waals surface area contributed by atoms with E-state index < -0.39 is 5.63 Å². The van der Waals surface area contributed by atoms with Gasteiger partial charge in [0.25, 0.3) is 0 Å². The molecule has 1 saturated heterocycles. The van der Waals surface area contributed by atoms with Crippen molar-refractivity contribution in [3.63, 3.8) is 0 Å². The molecule has 0 bridgehead atoms. The number of piperazine rings is 1. The lowest BCUT2D eigenvalue weighted by atomic mass is 10.1. The molecule has 4 aromatic rings. The van der Waals surface area contributed by atoms with E-state index in [0.29, 0.717) is 33.6 Å². The van der Waals surface area contributed by atoms with Crippen molar-refractivity contribution >= 4 is 33.9 Å². The van der Waals surface area contributed by atoms with Crippen molar-refractivity contribution in [1.29, 1.82) is 0 Å². The fraction of sp³-hybridized carbons (Fsp3) is 0.238. The molecule has 1 fully saturated rings. The Bertz CT molecular complexity index is 1250. The molecule has 1 aliphatic rings. The summed E-state index contributed by atoms with van der Waals surface area (Å²) in [6.07, 6.45) is 3.64. The third-order valence-corrected chi connectivity index (χ3v) is 5.46. The van der Waals surface area contributed by atoms with Crippen LogP contribution in [0.5, 0.6) is 0 Å². The average molecular weight is 395 g/mol. The molecule has 28 heavy (non-hydrogen) atoms. The first-order valence-corrected chi connectivity index (χ1v) is 9.66. The van der Waals surface area contributed by atoms with E-state index in [0.717, 1.165) is 30.7 Å². The van der Waals surface area contributed by atoms with Crippen molar-refractivity contribution < 1.29 is 4.42 Å². The molecule has 142 valence electrons. The summed E-state index contributed by atoms with van der Waals surface area (Å²) in [5, 5.41) is 4.84. The third-order valence-electron chi connectivity index (χ3n) is 5.16. The topological polar surface area (TPSA) is 62.8 Å². The molecule has 1 atom stereocenters. The largest absolute Gasteiger partial charge is 0.422 e. The maximum absolute atomic E-state index is 12.7. The lowest BCUT2D eigenvalue weighted by molar-refractivity contribution is 0.484. The molecule has 7 heteroatoms. The second-order valence-corrected chi connectivity index (χ2v) is 7.59. The first-order chi connectivity index (χ1) is 13.6. The van der Waals surface area contributed by atoms with Gasteiger partial charge >= 0.3 is 5.63 Å². The van der Waals surface area contributed by atoms with E-state index in [1.807, 2.05) is 30.5 Å². The van der Waals surface area contributed by atoms with Crippen LogP contribution in [0.2, 0.25) is 5.02 Å². The van der Waals surface area contributed by atoms with Gasteiger partial charge in [-0.25, -0.2) is 9.78 Å². The zero-order valence-corrected chi connectivity index (χ0v) is 16.1. The van der Waals surface area contributed by atoms with Crippen LogP contribution >= 0.6 is 11.6 Å². The smallest absolute Gasteiger partial charge is 0.345 e. The molecule has 5 rings (SSSR count). The number of rotatable bonds is 2. The van der Waals surface area contributed by atoms with Crippen LogP contribution in [0.4, 0.5) is 5.69 Å². The van der Waals surface area contributed by atoms with Gasteiger partial charge in [-0.15, -0.1) is 0 Å². The molecule has 1 aromatic carbocycles. The summed E-state index contributed by atoms with van der Waals surface area (Å²) in [6.45, 7) is 4.97. The van der Waals surface area contributed by atoms with Crippen molar-refractivity contribution in [3.8, 4) is 11.3 Å². The molecular formula is C21H19ClN4O2. The average Bonchev–Trinajstić information content (AvgIpc) is 3.12. The first kappa shape index (κ1) is 17.3. The molecule has 0 aliphatic carbocycles. The molecule has 3 aromatic heterocycles. The minimum absolute atomic E-state index is 0.405. The summed E-state index contributed by atoms with van der Waals surface area (Å²) in [6, 6.07) is 11.9. The highest BCUT2D eigenvalue weighted by Gasteiger charge is 2.18. The first-order valence-electron chi connectivity index (χ1n) is 9.28. The number of benzene rings is 1. The van der Waals surface area contributed by atoms with Crippen LogP contribution < -0.4 is 15.8 Å². The Morgan fingerprint density at radius 2 is 2.18 bits per heavy atom. The van der Waals surface area contributed by atoms with Crippen molar-refractivity contribution in [2.45, 2.75) is 13.0 Å². The maximum atomic E-state index is 12.7. The van der Waals surface area contributed by atoms with E-state index in [4.69, 9.17) is 16.0 Å². The molecule has 0 unspecified atom stereocenters. The predicted octanol–water partition coefficient (Wildman–Crippen LogP) is 3.56. The summed E-state index contributed by atoms with van der Waals surface area (Å²) in [4.78, 5) is 19.5. The zero-order valence-electron chi connectivity index (χ0n) is 15.4. The summed E-state index contributed by atoms with van der Waals surface area (Å²) in [5.41, 5.74) is 2.83. The van der Waals surface area contributed by atoms with Crippen LogP contribution in [0.15, 0.2) is 58.0 Å². The number of nitrogens with one attached hydrogen (secondary N) is 1. The Morgan fingerprint density at radius 3 is 3.00 bits per heavy atom. The fourth-order valence-electron chi connectivity index (χ4n) is 3.75. The van der Waals surface area contributed by atoms with Crippen LogP contribution in [0.1, 0.15) is 6.92 Å². The van der Waals surface area contributed by atoms with E-state index in [1.54, 1.807) is 16.7 Å². The van der Waals surface area contributed by atoms with Gasteiger partial charge < -0.3 is 19.0 Å². The van der Waals surface area contributed by atoms with E-state index in [9.17, 15) is 4.79 Å². The van der Waals surface area contributed by atoms with E-state index in [1.165, 1.54) is 0 Å². The van der Waals surface area contributed by atoms with Crippen LogP contribution in [-0.2, 0) is 0 Å². The Balaban J connectivity index is 1.57. The van der Waals surface area contributed by atoms with Crippen molar-refractivity contribution in [3.05, 3.63) is 64.2 Å². The zero-order chi connectivity index (χ0) is 19.3. The van der Waals surface area contributed by atoms with Crippen LogP contribution in [0.3, 0.4) is 0 Å². The number of nitrogens with zero attached hydrogens (tertiary/aromatic N) is 3. The van der Waals surface area contributed by atoms with Gasteiger partial charge in [0.1, 0.15) is 5.58 Å². The number of aromatic nitrogens is 2. The SMILES string of the molecule is C[C@H]1CN(c2ccc3cc(-c4cn5cccc(Cl)c5n4)c(=O)oc3c2)CCN1. The molecule has 0 saturated carbocycles. The van der Waals surface area contributed by atoms with Crippen molar-refractivity contribution in [2.75, 3.05) is 24.5 Å². The molecule has 0 radical (unpaired) electrons. The minimum atomic E-state index is -0.405. The van der Waals surface area contributed by atoms with Gasteiger partial charge in [0, 0.05) is 55.2 Å². The van der Waals surface area contributed by atoms with Gasteiger partial charge in [0.2, 0.25) is 0 Å². The van der Waals surface area contributed by atoms with Gasteiger partial charge in [-0.3, -0.25) is 0 Å². The number of halogens is 1. The molecule has 0 spiro atoms. The van der Waals surface area contributed by atoms with Crippen LogP contribution in [-0.4, -0.2) is 35.1 Å². The van der Waals surface area contributed by atoms with E-state index in [-0.39, 0.29) is 0 Å². The van der Waals surface area contributed by atoms with Gasteiger partial charge in [-0.1, -0.05) is 11.6 Å². The van der Waals surface area contributed by atoms with Crippen molar-refractivity contribution in [1.82, 2.24) is 14.7 Å². The summed E-state index contributed by atoms with van der Waals surface area (Å²) in [7, 11) is 0. The third kappa shape index (κ3) is 2.95. The Hall–Kier alpha value is -2.83. The Morgan fingerprint density at radius 1 is 1.29 bits per heavy atom. The van der Waals surface area contributed by atoms with E-state index in [2.05, 4.69) is 28.2 Å². The number of hydrogen-bond donors (Lipinski definition) is 1. The standard InChI is InChI=1S/C21H19ClN4O2/c1-13-11-25(8-6-23-13)15-5-4-14-9-16(21(27)28-19(14)10-15)18-12-26-7-2-3-17(22)20(26)24-18/h2-5,7,9-10,12-13,23H,6,8,11H2,1H3/t13-/m0/s1. The second-order valence-electron chi connectivity index (χ2n) is 7.18. The molecule has 6 nitrogen and oxygen atoms in total. The summed E-state index contributed by atoms with van der Waals surface area (Å²) in [5.74, 6) is 0. The summed E-state index contributed by atoms with van der Waals surface area (Å²) >= 11 is 6.20. The lowest BCUT2D eigenvalue weighted by Crippen LogP contribution is -2.49. The number of anilines is 1. The highest BCUT2D eigenvalue weighted by atomic mass is 35.5. The highest BCUT2D eigenvalue weighted by Crippen LogP contribution is 2.26. The van der Waals surface area contributed by atoms with E-state index >= 15 is 0 Å². The molecular weight excluding hydrogens is 376 g/mol. The monoisotopic (exact) mass is 394 g/mol. The predicted molar refractivity (Wildman–Crippen MR) is 111 cm³/mol. The number of imidazole rings is 1. The molecule has 0 amide bonds. The number of pyridine rings is 1. The number of hydrogen-bond acceptors (Lipinski definition) is 5. The van der Waals surface area contributed by atoms with Crippen molar-refractivity contribution in [2.24, 2.45) is 0 Å². The normalized spacial score (nSPS) is 17.5. The molecule has 1 N–H and O–H groups in total. The van der Waals surface area contributed by atoms with Gasteiger partial charge in [-0.05, 0) is 37.3 Å². The Labute approximate surface area is 166 Å². The minimum Gasteiger partial charge on any atom is -0.422 e. The van der Waals surface area contributed by atoms with Gasteiger partial charge in [-0.2, -0.15) is 0 Å². The number of fused-ring (bicyclic) bond motifs is 2. The maximum Gasteiger partial charge on any atom is 0.345 e. The van der Waals surface area contributed by atoms with Crippen LogP contribution in [0.25, 0.3) is 27.9 Å². The fourth-order valence-corrected chi connectivity index (χ4v) is 3.96. The van der Waals surface area contributed by atoms with Gasteiger partial charge in [0.05, 0.1) is 16.3 Å². The summed E-state index contributed by atoms with van der Waals surface area (Å²) < 4.78 is 7.45. The Kier molecular flexibility index (Phi) is 4.10. The van der Waals surface area contributed by atoms with Crippen LogP contribution in [0, 0.1) is 0 Å². The quantitative estimate of drug-likeness (QED) is 0.527.